The maximum Gasteiger partial charge on any atom is 0.146 e. The van der Waals surface area contributed by atoms with Crippen molar-refractivity contribution in [1.82, 2.24) is 14.5 Å². The number of aliphatic imine (C=N–C) groups is 1. The van der Waals surface area contributed by atoms with Gasteiger partial charge in [-0.05, 0) is 16.7 Å². The molecule has 2 aromatic heterocycles. The molecule has 2 N–H and O–H groups in total. The van der Waals surface area contributed by atoms with Crippen LogP contribution in [0.2, 0.25) is 0 Å². The fourth-order valence-corrected chi connectivity index (χ4v) is 3.38. The quantitative estimate of drug-likeness (QED) is 0.574. The predicted octanol–water partition coefficient (Wildman–Crippen LogP) is 3.93. The van der Waals surface area contributed by atoms with E-state index in [0.29, 0.717) is 5.82 Å². The summed E-state index contributed by atoms with van der Waals surface area (Å²) in [4.78, 5) is 12.8. The molecule has 0 atom stereocenters. The zero-order chi connectivity index (χ0) is 18.1. The van der Waals surface area contributed by atoms with E-state index < -0.39 is 0 Å². The summed E-state index contributed by atoms with van der Waals surface area (Å²) in [5, 5.41) is 0.885. The van der Waals surface area contributed by atoms with Crippen LogP contribution in [0.25, 0.3) is 33.4 Å². The van der Waals surface area contributed by atoms with Gasteiger partial charge < -0.3 is 10.3 Å². The van der Waals surface area contributed by atoms with Crippen molar-refractivity contribution in [2.24, 2.45) is 12.0 Å². The molecule has 0 spiro atoms. The molecule has 0 fully saturated rings. The minimum atomic E-state index is 0.491. The Kier molecular flexibility index (Phi) is 3.97. The Labute approximate surface area is 151 Å². The number of nitrogens with zero attached hydrogens (tertiary/aromatic N) is 4. The van der Waals surface area contributed by atoms with Gasteiger partial charge in [-0.3, -0.25) is 4.99 Å². The highest BCUT2D eigenvalue weighted by Gasteiger charge is 2.21. The highest BCUT2D eigenvalue weighted by Crippen LogP contribution is 2.41. The van der Waals surface area contributed by atoms with Gasteiger partial charge in [0.2, 0.25) is 0 Å². The Morgan fingerprint density at radius 2 is 1.69 bits per heavy atom. The number of hydrogen-bond donors (Lipinski definition) is 1. The third-order valence-electron chi connectivity index (χ3n) is 4.52. The number of benzene rings is 2. The Bertz CT molecular complexity index is 1090. The standard InChI is InChI=1S/C21H19N5/c1-23-12-14-8-10-16(11-9-14)19-17(15-6-4-3-5-7-15)18-20(22)24-13-25-21(18)26(19)2/h3-13H,1-2H3,(H2,22,24,25). The Morgan fingerprint density at radius 3 is 2.38 bits per heavy atom. The van der Waals surface area contributed by atoms with Gasteiger partial charge in [-0.25, -0.2) is 9.97 Å². The van der Waals surface area contributed by atoms with Gasteiger partial charge >= 0.3 is 0 Å². The topological polar surface area (TPSA) is 69.1 Å². The van der Waals surface area contributed by atoms with Gasteiger partial charge in [0.15, 0.2) is 0 Å². The summed E-state index contributed by atoms with van der Waals surface area (Å²) in [7, 11) is 3.78. The normalized spacial score (nSPS) is 11.5. The second kappa shape index (κ2) is 6.44. The first-order valence-electron chi connectivity index (χ1n) is 8.37. The average Bonchev–Trinajstić information content (AvgIpc) is 2.98. The van der Waals surface area contributed by atoms with E-state index in [1.807, 2.05) is 31.5 Å². The number of nitrogens with two attached hydrogens (primary N) is 1. The van der Waals surface area contributed by atoms with E-state index in [1.54, 1.807) is 7.05 Å². The van der Waals surface area contributed by atoms with Crippen molar-refractivity contribution in [1.29, 1.82) is 0 Å². The molecule has 0 radical (unpaired) electrons. The summed E-state index contributed by atoms with van der Waals surface area (Å²) < 4.78 is 2.08. The number of anilines is 1. The molecule has 4 aromatic rings. The molecular formula is C21H19N5. The van der Waals surface area contributed by atoms with Gasteiger partial charge in [-0.1, -0.05) is 54.6 Å². The summed E-state index contributed by atoms with van der Waals surface area (Å²) in [5.74, 6) is 0.491. The van der Waals surface area contributed by atoms with E-state index in [9.17, 15) is 0 Å². The first-order chi connectivity index (χ1) is 12.7. The molecule has 2 heterocycles. The molecule has 0 saturated heterocycles. The van der Waals surface area contributed by atoms with Gasteiger partial charge in [0.1, 0.15) is 17.8 Å². The minimum absolute atomic E-state index is 0.491. The molecule has 2 aromatic carbocycles. The molecule has 0 saturated carbocycles. The van der Waals surface area contributed by atoms with Crippen molar-refractivity contribution in [3.05, 3.63) is 66.5 Å². The van der Waals surface area contributed by atoms with Gasteiger partial charge in [0.05, 0.1) is 11.1 Å². The molecule has 5 heteroatoms. The van der Waals surface area contributed by atoms with E-state index in [4.69, 9.17) is 5.73 Å². The van der Waals surface area contributed by atoms with Crippen LogP contribution in [0.5, 0.6) is 0 Å². The van der Waals surface area contributed by atoms with Crippen molar-refractivity contribution in [3.8, 4) is 22.4 Å². The lowest BCUT2D eigenvalue weighted by molar-refractivity contribution is 0.953. The van der Waals surface area contributed by atoms with Crippen LogP contribution in [0.4, 0.5) is 5.82 Å². The third kappa shape index (κ3) is 2.54. The molecule has 0 aliphatic heterocycles. The third-order valence-corrected chi connectivity index (χ3v) is 4.52. The first kappa shape index (κ1) is 16.0. The molecule has 0 aliphatic carbocycles. The van der Waals surface area contributed by atoms with Crippen LogP contribution < -0.4 is 5.73 Å². The summed E-state index contributed by atoms with van der Waals surface area (Å²) in [6.07, 6.45) is 3.35. The number of fused-ring (bicyclic) bond motifs is 1. The summed E-state index contributed by atoms with van der Waals surface area (Å²) in [6, 6.07) is 18.5. The second-order valence-electron chi connectivity index (χ2n) is 6.12. The first-order valence-corrected chi connectivity index (χ1v) is 8.37. The average molecular weight is 341 g/mol. The fourth-order valence-electron chi connectivity index (χ4n) is 3.38. The molecule has 128 valence electrons. The molecule has 0 unspecified atom stereocenters. The lowest BCUT2D eigenvalue weighted by Gasteiger charge is -2.09. The highest BCUT2D eigenvalue weighted by molar-refractivity contribution is 6.07. The van der Waals surface area contributed by atoms with Crippen molar-refractivity contribution in [2.75, 3.05) is 12.8 Å². The zero-order valence-electron chi connectivity index (χ0n) is 14.7. The Morgan fingerprint density at radius 1 is 0.962 bits per heavy atom. The molecule has 4 rings (SSSR count). The van der Waals surface area contributed by atoms with Crippen LogP contribution in [0.15, 0.2) is 65.9 Å². The number of rotatable bonds is 3. The Hall–Kier alpha value is -3.47. The number of nitrogen functional groups attached to an aromatic ring is 1. The van der Waals surface area contributed by atoms with Crippen molar-refractivity contribution < 1.29 is 0 Å². The van der Waals surface area contributed by atoms with Crippen LogP contribution in [0, 0.1) is 0 Å². The van der Waals surface area contributed by atoms with E-state index in [2.05, 4.69) is 55.9 Å². The molecule has 0 aliphatic rings. The minimum Gasteiger partial charge on any atom is -0.383 e. The second-order valence-corrected chi connectivity index (χ2v) is 6.12. The molecule has 5 nitrogen and oxygen atoms in total. The fraction of sp³-hybridized carbons (Fsp3) is 0.0952. The monoisotopic (exact) mass is 341 g/mol. The number of aryl methyl sites for hydroxylation is 1. The smallest absolute Gasteiger partial charge is 0.146 e. The van der Waals surface area contributed by atoms with Crippen molar-refractivity contribution in [2.45, 2.75) is 0 Å². The zero-order valence-corrected chi connectivity index (χ0v) is 14.7. The van der Waals surface area contributed by atoms with Crippen LogP contribution >= 0.6 is 0 Å². The molecule has 0 amide bonds. The SMILES string of the molecule is CN=Cc1ccc(-c2c(-c3ccccc3)c3c(N)ncnc3n2C)cc1. The predicted molar refractivity (Wildman–Crippen MR) is 107 cm³/mol. The van der Waals surface area contributed by atoms with Crippen molar-refractivity contribution in [3.63, 3.8) is 0 Å². The lowest BCUT2D eigenvalue weighted by atomic mass is 9.98. The maximum atomic E-state index is 6.24. The Balaban J connectivity index is 2.05. The largest absolute Gasteiger partial charge is 0.383 e. The summed E-state index contributed by atoms with van der Waals surface area (Å²) in [5.41, 5.74) is 12.4. The van der Waals surface area contributed by atoms with Crippen molar-refractivity contribution >= 4 is 23.1 Å². The van der Waals surface area contributed by atoms with Gasteiger partial charge in [-0.15, -0.1) is 0 Å². The van der Waals surface area contributed by atoms with E-state index >= 15 is 0 Å². The van der Waals surface area contributed by atoms with Crippen LogP contribution in [0.3, 0.4) is 0 Å². The van der Waals surface area contributed by atoms with Crippen LogP contribution in [0.1, 0.15) is 5.56 Å². The lowest BCUT2D eigenvalue weighted by Crippen LogP contribution is -1.95. The number of hydrogen-bond acceptors (Lipinski definition) is 4. The summed E-state index contributed by atoms with van der Waals surface area (Å²) in [6.45, 7) is 0. The molecule has 26 heavy (non-hydrogen) atoms. The number of aromatic nitrogens is 3. The maximum absolute atomic E-state index is 6.24. The van der Waals surface area contributed by atoms with Gasteiger partial charge in [0.25, 0.3) is 0 Å². The summed E-state index contributed by atoms with van der Waals surface area (Å²) >= 11 is 0. The van der Waals surface area contributed by atoms with Crippen LogP contribution in [-0.4, -0.2) is 27.8 Å². The van der Waals surface area contributed by atoms with E-state index in [0.717, 1.165) is 39.0 Å². The van der Waals surface area contributed by atoms with Gasteiger partial charge in [-0.2, -0.15) is 0 Å². The van der Waals surface area contributed by atoms with Crippen LogP contribution in [-0.2, 0) is 7.05 Å². The molecular weight excluding hydrogens is 322 g/mol. The molecule has 0 bridgehead atoms. The van der Waals surface area contributed by atoms with E-state index in [-0.39, 0.29) is 0 Å². The van der Waals surface area contributed by atoms with E-state index in [1.165, 1.54) is 6.33 Å². The highest BCUT2D eigenvalue weighted by atomic mass is 15.1. The van der Waals surface area contributed by atoms with Gasteiger partial charge in [0, 0.05) is 25.9 Å².